The number of hydrogen-bond acceptors (Lipinski definition) is 4. The van der Waals surface area contributed by atoms with Gasteiger partial charge in [0.25, 0.3) is 5.91 Å². The molecule has 3 aromatic carbocycles. The molecule has 0 aliphatic carbocycles. The Balaban J connectivity index is 1.42. The lowest BCUT2D eigenvalue weighted by Gasteiger charge is -2.32. The van der Waals surface area contributed by atoms with Gasteiger partial charge in [-0.15, -0.1) is 0 Å². The van der Waals surface area contributed by atoms with E-state index in [2.05, 4.69) is 36.4 Å². The summed E-state index contributed by atoms with van der Waals surface area (Å²) in [5.41, 5.74) is 1.44. The summed E-state index contributed by atoms with van der Waals surface area (Å²) in [4.78, 5) is 26.8. The number of piperazine rings is 1. The van der Waals surface area contributed by atoms with E-state index in [0.29, 0.717) is 18.7 Å². The monoisotopic (exact) mass is 406 g/mol. The Morgan fingerprint density at radius 3 is 2.57 bits per heavy atom. The average molecular weight is 406 g/mol. The van der Waals surface area contributed by atoms with Crippen LogP contribution < -0.4 is 9.64 Å². The topological polar surface area (TPSA) is 77.1 Å². The van der Waals surface area contributed by atoms with Crippen molar-refractivity contribution in [2.45, 2.75) is 6.54 Å². The van der Waals surface area contributed by atoms with Crippen molar-refractivity contribution in [1.82, 2.24) is 4.90 Å². The number of rotatable bonds is 5. The van der Waals surface area contributed by atoms with E-state index in [4.69, 9.17) is 4.74 Å². The van der Waals surface area contributed by atoms with Gasteiger partial charge in [-0.2, -0.15) is 0 Å². The van der Waals surface area contributed by atoms with Crippen molar-refractivity contribution in [2.75, 3.05) is 33.3 Å². The average Bonchev–Trinajstić information content (AvgIpc) is 2.79. The summed E-state index contributed by atoms with van der Waals surface area (Å²) in [6.45, 7) is 3.84. The number of nitro groups is 1. The van der Waals surface area contributed by atoms with Crippen LogP contribution >= 0.6 is 0 Å². The third-order valence-electron chi connectivity index (χ3n) is 5.70. The van der Waals surface area contributed by atoms with Crippen molar-refractivity contribution in [3.63, 3.8) is 0 Å². The Morgan fingerprint density at radius 2 is 1.83 bits per heavy atom. The van der Waals surface area contributed by atoms with Gasteiger partial charge in [-0.05, 0) is 22.9 Å². The maximum absolute atomic E-state index is 12.9. The third kappa shape index (κ3) is 3.97. The molecule has 7 nitrogen and oxygen atoms in total. The van der Waals surface area contributed by atoms with E-state index in [1.807, 2.05) is 6.07 Å². The van der Waals surface area contributed by atoms with Crippen LogP contribution in [0.4, 0.5) is 5.69 Å². The number of amides is 1. The molecule has 0 atom stereocenters. The molecule has 1 heterocycles. The lowest BCUT2D eigenvalue weighted by molar-refractivity contribution is -0.917. The van der Waals surface area contributed by atoms with E-state index in [1.165, 1.54) is 40.5 Å². The van der Waals surface area contributed by atoms with Crippen molar-refractivity contribution >= 4 is 22.4 Å². The second kappa shape index (κ2) is 8.51. The van der Waals surface area contributed by atoms with Crippen LogP contribution in [0.2, 0.25) is 0 Å². The molecule has 1 N–H and O–H groups in total. The molecule has 0 unspecified atom stereocenters. The van der Waals surface area contributed by atoms with E-state index in [9.17, 15) is 14.9 Å². The number of ether oxygens (including phenoxy) is 1. The Bertz CT molecular complexity index is 1090. The molecule has 0 aromatic heterocycles. The van der Waals surface area contributed by atoms with Crippen LogP contribution in [0.5, 0.6) is 5.75 Å². The van der Waals surface area contributed by atoms with E-state index in [-0.39, 0.29) is 17.3 Å². The van der Waals surface area contributed by atoms with Gasteiger partial charge in [0.15, 0.2) is 5.75 Å². The number of hydrogen-bond donors (Lipinski definition) is 1. The number of benzene rings is 3. The Morgan fingerprint density at radius 1 is 1.10 bits per heavy atom. The number of methoxy groups -OCH3 is 1. The zero-order valence-corrected chi connectivity index (χ0v) is 16.8. The normalized spacial score (nSPS) is 14.6. The highest BCUT2D eigenvalue weighted by Gasteiger charge is 2.27. The summed E-state index contributed by atoms with van der Waals surface area (Å²) < 4.78 is 5.02. The summed E-state index contributed by atoms with van der Waals surface area (Å²) in [5.74, 6) is -0.0223. The van der Waals surface area contributed by atoms with Gasteiger partial charge in [-0.3, -0.25) is 14.9 Å². The number of nitrogens with zero attached hydrogens (tertiary/aromatic N) is 2. The Kier molecular flexibility index (Phi) is 5.63. The van der Waals surface area contributed by atoms with Gasteiger partial charge in [0.2, 0.25) is 0 Å². The molecule has 4 rings (SSSR count). The number of nitrogens with one attached hydrogen (secondary N) is 1. The van der Waals surface area contributed by atoms with Gasteiger partial charge in [0.1, 0.15) is 6.54 Å². The van der Waals surface area contributed by atoms with Crippen LogP contribution in [0.3, 0.4) is 0 Å². The van der Waals surface area contributed by atoms with Crippen molar-refractivity contribution < 1.29 is 19.4 Å². The van der Waals surface area contributed by atoms with Crippen molar-refractivity contribution in [2.24, 2.45) is 0 Å². The van der Waals surface area contributed by atoms with E-state index >= 15 is 0 Å². The molecule has 1 fully saturated rings. The maximum Gasteiger partial charge on any atom is 0.311 e. The highest BCUT2D eigenvalue weighted by molar-refractivity contribution is 5.95. The molecule has 1 saturated heterocycles. The van der Waals surface area contributed by atoms with E-state index < -0.39 is 4.92 Å². The Hall–Kier alpha value is -3.45. The highest BCUT2D eigenvalue weighted by Crippen LogP contribution is 2.28. The number of nitro benzene ring substituents is 1. The van der Waals surface area contributed by atoms with Gasteiger partial charge in [-0.1, -0.05) is 42.5 Å². The first-order chi connectivity index (χ1) is 14.6. The molecular formula is C23H24N3O4+. The molecule has 1 amide bonds. The summed E-state index contributed by atoms with van der Waals surface area (Å²) in [6, 6.07) is 19.1. The first-order valence-electron chi connectivity index (χ1n) is 9.98. The van der Waals surface area contributed by atoms with Crippen LogP contribution in [-0.4, -0.2) is 49.0 Å². The fourth-order valence-corrected chi connectivity index (χ4v) is 4.07. The summed E-state index contributed by atoms with van der Waals surface area (Å²) in [6.07, 6.45) is 0. The molecule has 0 saturated carbocycles. The lowest BCUT2D eigenvalue weighted by atomic mass is 10.0. The molecule has 0 bridgehead atoms. The minimum Gasteiger partial charge on any atom is -0.490 e. The number of carbonyl (C=O) groups excluding carboxylic acids is 1. The Labute approximate surface area is 174 Å². The second-order valence-electron chi connectivity index (χ2n) is 7.50. The molecular weight excluding hydrogens is 382 g/mol. The van der Waals surface area contributed by atoms with Crippen LogP contribution in [0, 0.1) is 10.1 Å². The van der Waals surface area contributed by atoms with E-state index in [0.717, 1.165) is 19.6 Å². The van der Waals surface area contributed by atoms with Gasteiger partial charge < -0.3 is 14.5 Å². The van der Waals surface area contributed by atoms with Crippen LogP contribution in [-0.2, 0) is 6.54 Å². The van der Waals surface area contributed by atoms with Crippen LogP contribution in [0.15, 0.2) is 60.7 Å². The predicted molar refractivity (Wildman–Crippen MR) is 114 cm³/mol. The molecule has 0 radical (unpaired) electrons. The SMILES string of the molecule is COc1ccc(C(=O)N2CC[NH+](Cc3cccc4ccccc34)CC2)cc1[N+](=O)[O-]. The van der Waals surface area contributed by atoms with Gasteiger partial charge >= 0.3 is 5.69 Å². The van der Waals surface area contributed by atoms with Crippen molar-refractivity contribution in [1.29, 1.82) is 0 Å². The quantitative estimate of drug-likeness (QED) is 0.521. The molecule has 7 heteroatoms. The van der Waals surface area contributed by atoms with Gasteiger partial charge in [0, 0.05) is 17.2 Å². The summed E-state index contributed by atoms with van der Waals surface area (Å²) >= 11 is 0. The van der Waals surface area contributed by atoms with Crippen molar-refractivity contribution in [3.8, 4) is 5.75 Å². The maximum atomic E-state index is 12.9. The molecule has 30 heavy (non-hydrogen) atoms. The molecule has 1 aliphatic heterocycles. The van der Waals surface area contributed by atoms with Gasteiger partial charge in [0.05, 0.1) is 38.2 Å². The molecule has 0 spiro atoms. The van der Waals surface area contributed by atoms with Crippen molar-refractivity contribution in [3.05, 3.63) is 81.9 Å². The zero-order valence-electron chi connectivity index (χ0n) is 16.8. The minimum atomic E-state index is -0.526. The standard InChI is InChI=1S/C23H23N3O4/c1-30-22-10-9-18(15-21(22)26(28)29)23(27)25-13-11-24(12-14-25)16-19-7-4-6-17-5-2-3-8-20(17)19/h2-10,15H,11-14,16H2,1H3/p+1. The van der Waals surface area contributed by atoms with Crippen LogP contribution in [0.25, 0.3) is 10.8 Å². The zero-order chi connectivity index (χ0) is 21.1. The third-order valence-corrected chi connectivity index (χ3v) is 5.70. The molecule has 154 valence electrons. The summed E-state index contributed by atoms with van der Waals surface area (Å²) in [7, 11) is 1.38. The fraction of sp³-hybridized carbons (Fsp3) is 0.261. The highest BCUT2D eigenvalue weighted by atomic mass is 16.6. The van der Waals surface area contributed by atoms with Gasteiger partial charge in [-0.25, -0.2) is 0 Å². The fourth-order valence-electron chi connectivity index (χ4n) is 4.07. The number of quaternary nitrogens is 1. The lowest BCUT2D eigenvalue weighted by Crippen LogP contribution is -3.13. The molecule has 1 aliphatic rings. The first-order valence-corrected chi connectivity index (χ1v) is 9.98. The smallest absolute Gasteiger partial charge is 0.311 e. The largest absolute Gasteiger partial charge is 0.490 e. The van der Waals surface area contributed by atoms with E-state index in [1.54, 1.807) is 11.0 Å². The predicted octanol–water partition coefficient (Wildman–Crippen LogP) is 2.30. The number of fused-ring (bicyclic) bond motifs is 1. The van der Waals surface area contributed by atoms with Crippen LogP contribution in [0.1, 0.15) is 15.9 Å². The summed E-state index contributed by atoms with van der Waals surface area (Å²) in [5, 5.41) is 13.8. The first kappa shape index (κ1) is 19.8. The molecule has 3 aromatic rings. The second-order valence-corrected chi connectivity index (χ2v) is 7.50. The number of carbonyl (C=O) groups is 1. The minimum absolute atomic E-state index is 0.154.